The summed E-state index contributed by atoms with van der Waals surface area (Å²) in [6, 6.07) is 9.10. The first kappa shape index (κ1) is 55.5. The van der Waals surface area contributed by atoms with E-state index >= 15 is 0 Å². The van der Waals surface area contributed by atoms with Crippen molar-refractivity contribution in [2.75, 3.05) is 65.9 Å². The smallest absolute Gasteiger partial charge is 0.321 e. The van der Waals surface area contributed by atoms with Gasteiger partial charge in [-0.15, -0.1) is 0 Å². The number of para-hydroxylation sites is 1. The van der Waals surface area contributed by atoms with Gasteiger partial charge in [0.2, 0.25) is 0 Å². The van der Waals surface area contributed by atoms with Gasteiger partial charge in [0, 0.05) is 18.8 Å². The number of unbranched alkanes of at least 4 members (excludes halogenated alkanes) is 28. The third kappa shape index (κ3) is 36.9. The highest BCUT2D eigenvalue weighted by molar-refractivity contribution is 7.45. The minimum Gasteiger partial charge on any atom is -0.756 e. The molecule has 0 saturated heterocycles. The van der Waals surface area contributed by atoms with Crippen LogP contribution >= 0.6 is 7.82 Å². The number of amides is 2. The second-order valence-corrected chi connectivity index (χ2v) is 19.6. The van der Waals surface area contributed by atoms with Gasteiger partial charge in [-0.25, -0.2) is 4.79 Å². The summed E-state index contributed by atoms with van der Waals surface area (Å²) in [4.78, 5) is 28.4. The molecule has 346 valence electrons. The first-order valence-corrected chi connectivity index (χ1v) is 26.2. The number of urea groups is 1. The molecule has 1 rings (SSSR count). The summed E-state index contributed by atoms with van der Waals surface area (Å²) in [5.74, 6) is 0. The van der Waals surface area contributed by atoms with E-state index in [2.05, 4.69) is 19.2 Å². The lowest BCUT2D eigenvalue weighted by Gasteiger charge is -2.33. The van der Waals surface area contributed by atoms with Gasteiger partial charge < -0.3 is 33.4 Å². The van der Waals surface area contributed by atoms with Gasteiger partial charge in [0.1, 0.15) is 19.3 Å². The van der Waals surface area contributed by atoms with Crippen LogP contribution in [0.3, 0.4) is 0 Å². The number of nitrogens with zero attached hydrogens (tertiary/aromatic N) is 2. The topological polar surface area (TPSA) is 100 Å². The second-order valence-electron chi connectivity index (χ2n) is 18.2. The summed E-state index contributed by atoms with van der Waals surface area (Å²) >= 11 is 0. The fourth-order valence-electron chi connectivity index (χ4n) is 7.47. The van der Waals surface area contributed by atoms with Gasteiger partial charge in [0.25, 0.3) is 7.82 Å². The highest BCUT2D eigenvalue weighted by Crippen LogP contribution is 2.40. The first-order chi connectivity index (χ1) is 28.6. The van der Waals surface area contributed by atoms with E-state index in [-0.39, 0.29) is 25.8 Å². The van der Waals surface area contributed by atoms with E-state index in [0.717, 1.165) is 32.1 Å². The van der Waals surface area contributed by atoms with Crippen molar-refractivity contribution < 1.29 is 32.5 Å². The number of phosphoric acid groups is 1. The zero-order valence-corrected chi connectivity index (χ0v) is 40.1. The van der Waals surface area contributed by atoms with Crippen LogP contribution < -0.4 is 10.2 Å². The van der Waals surface area contributed by atoms with Crippen molar-refractivity contribution >= 4 is 19.5 Å². The van der Waals surface area contributed by atoms with Crippen LogP contribution in [-0.4, -0.2) is 82.1 Å². The van der Waals surface area contributed by atoms with Crippen LogP contribution in [0.5, 0.6) is 0 Å². The molecule has 0 aliphatic carbocycles. The van der Waals surface area contributed by atoms with Crippen LogP contribution in [0.4, 0.5) is 10.5 Å². The Kier molecular flexibility index (Phi) is 36.0. The van der Waals surface area contributed by atoms with E-state index in [4.69, 9.17) is 13.8 Å². The van der Waals surface area contributed by atoms with Crippen LogP contribution in [-0.2, 0) is 18.3 Å². The molecule has 9 nitrogen and oxygen atoms in total. The van der Waals surface area contributed by atoms with Crippen LogP contribution in [0.15, 0.2) is 30.3 Å². The summed E-state index contributed by atoms with van der Waals surface area (Å²) in [5.41, 5.74) is 0.693. The molecule has 0 aromatic heterocycles. The second kappa shape index (κ2) is 38.2. The number of ether oxygens (including phenoxy) is 1. The summed E-state index contributed by atoms with van der Waals surface area (Å²) in [6.07, 6.45) is 37.6. The van der Waals surface area contributed by atoms with Crippen molar-refractivity contribution in [3.8, 4) is 0 Å². The van der Waals surface area contributed by atoms with E-state index in [0.29, 0.717) is 29.9 Å². The van der Waals surface area contributed by atoms with E-state index in [9.17, 15) is 14.3 Å². The van der Waals surface area contributed by atoms with Crippen LogP contribution in [0.25, 0.3) is 0 Å². The molecule has 59 heavy (non-hydrogen) atoms. The molecular formula is C49H94N3O6P. The van der Waals surface area contributed by atoms with Crippen LogP contribution in [0.1, 0.15) is 206 Å². The number of hydrogen-bond acceptors (Lipinski definition) is 6. The average Bonchev–Trinajstić information content (AvgIpc) is 3.19. The fraction of sp³-hybridized carbons (Fsp3) is 0.857. The molecule has 1 aromatic carbocycles. The quantitative estimate of drug-likeness (QED) is 0.0399. The Morgan fingerprint density at radius 3 is 1.46 bits per heavy atom. The molecule has 0 spiro atoms. The first-order valence-electron chi connectivity index (χ1n) is 24.7. The minimum absolute atomic E-state index is 0.0221. The largest absolute Gasteiger partial charge is 0.756 e. The standard InChI is InChI=1S/C49H94N3O6P/c1-6-8-10-12-14-16-18-20-22-23-25-27-29-31-33-38-43-56-46-48(58-59(54,55)57-44-42-52(3,4)5)45-51(49(53)50-47-39-35-34-36-40-47)41-37-32-30-28-26-24-21-19-17-15-13-11-9-7-2/h34-36,39-40,48H,6-33,37-38,41-46H2,1-5H3,(H-,50,53,54,55). The summed E-state index contributed by atoms with van der Waals surface area (Å²) in [7, 11) is 1.30. The maximum Gasteiger partial charge on any atom is 0.321 e. The molecule has 0 saturated carbocycles. The number of hydrogen-bond donors (Lipinski definition) is 1. The molecule has 0 radical (unpaired) electrons. The van der Waals surface area contributed by atoms with E-state index in [1.165, 1.54) is 161 Å². The Morgan fingerprint density at radius 1 is 0.627 bits per heavy atom. The van der Waals surface area contributed by atoms with Gasteiger partial charge >= 0.3 is 6.03 Å². The summed E-state index contributed by atoms with van der Waals surface area (Å²) in [5, 5.41) is 3.00. The van der Waals surface area contributed by atoms with Crippen molar-refractivity contribution in [3.63, 3.8) is 0 Å². The van der Waals surface area contributed by atoms with Gasteiger partial charge in [-0.3, -0.25) is 4.57 Å². The molecule has 10 heteroatoms. The molecule has 0 aliphatic heterocycles. The predicted octanol–water partition coefficient (Wildman–Crippen LogP) is 13.9. The molecule has 0 aliphatic rings. The zero-order chi connectivity index (χ0) is 43.1. The number of likely N-dealkylation sites (N-methyl/N-ethyl adjacent to an activating group) is 1. The third-order valence-corrected chi connectivity index (χ3v) is 12.3. The molecule has 1 aromatic rings. The molecule has 2 amide bonds. The Labute approximate surface area is 364 Å². The maximum absolute atomic E-state index is 13.6. The number of phosphoric ester groups is 1. The highest BCUT2D eigenvalue weighted by atomic mass is 31.2. The lowest BCUT2D eigenvalue weighted by atomic mass is 10.0. The van der Waals surface area contributed by atoms with Gasteiger partial charge in [-0.2, -0.15) is 0 Å². The number of quaternary nitrogens is 1. The number of rotatable bonds is 43. The van der Waals surface area contributed by atoms with Gasteiger partial charge in [-0.1, -0.05) is 212 Å². The van der Waals surface area contributed by atoms with E-state index in [1.54, 1.807) is 4.90 Å². The number of carbonyl (C=O) groups excluding carboxylic acids is 1. The Bertz CT molecular complexity index is 1120. The van der Waals surface area contributed by atoms with Gasteiger partial charge in [0.15, 0.2) is 0 Å². The molecule has 2 unspecified atom stereocenters. The Hall–Kier alpha value is -1.48. The summed E-state index contributed by atoms with van der Waals surface area (Å²) in [6.45, 7) is 6.26. The number of anilines is 1. The number of benzene rings is 1. The van der Waals surface area contributed by atoms with Crippen LogP contribution in [0, 0.1) is 0 Å². The van der Waals surface area contributed by atoms with Crippen molar-refractivity contribution in [1.82, 2.24) is 4.90 Å². The number of nitrogens with one attached hydrogen (secondary N) is 1. The normalized spacial score (nSPS) is 13.4. The van der Waals surface area contributed by atoms with Crippen molar-refractivity contribution in [2.45, 2.75) is 213 Å². The molecule has 1 N–H and O–H groups in total. The van der Waals surface area contributed by atoms with Crippen molar-refractivity contribution in [1.29, 1.82) is 0 Å². The average molecular weight is 852 g/mol. The Balaban J connectivity index is 2.57. The molecule has 0 bridgehead atoms. The fourth-order valence-corrected chi connectivity index (χ4v) is 8.32. The SMILES string of the molecule is CCCCCCCCCCCCCCCCCCOCC(CN(CCCCCCCCCCCCCCCC)C(=O)Nc1ccccc1)OP(=O)([O-])OCC[N+](C)(C)C. The minimum atomic E-state index is -4.64. The lowest BCUT2D eigenvalue weighted by molar-refractivity contribution is -0.870. The third-order valence-electron chi connectivity index (χ3n) is 11.3. The van der Waals surface area contributed by atoms with Gasteiger partial charge in [-0.05, 0) is 25.0 Å². The lowest BCUT2D eigenvalue weighted by Crippen LogP contribution is -2.43. The van der Waals surface area contributed by atoms with Crippen molar-refractivity contribution in [2.24, 2.45) is 0 Å². The van der Waals surface area contributed by atoms with Crippen molar-refractivity contribution in [3.05, 3.63) is 30.3 Å². The van der Waals surface area contributed by atoms with Crippen LogP contribution in [0.2, 0.25) is 0 Å². The molecule has 0 fully saturated rings. The molecule has 0 heterocycles. The molecular weight excluding hydrogens is 758 g/mol. The predicted molar refractivity (Wildman–Crippen MR) is 249 cm³/mol. The maximum atomic E-state index is 13.6. The van der Waals surface area contributed by atoms with Gasteiger partial charge in [0.05, 0.1) is 34.3 Å². The highest BCUT2D eigenvalue weighted by Gasteiger charge is 2.25. The monoisotopic (exact) mass is 852 g/mol. The number of carbonyl (C=O) groups is 1. The summed E-state index contributed by atoms with van der Waals surface area (Å²) < 4.78 is 30.6. The van der Waals surface area contributed by atoms with E-state index < -0.39 is 13.9 Å². The Morgan fingerprint density at radius 2 is 1.03 bits per heavy atom. The molecule has 2 atom stereocenters. The van der Waals surface area contributed by atoms with E-state index in [1.807, 2.05) is 51.5 Å². The zero-order valence-electron chi connectivity index (χ0n) is 39.2.